The third kappa shape index (κ3) is 70.7. The van der Waals surface area contributed by atoms with Crippen molar-refractivity contribution in [2.75, 3.05) is 6.61 Å². The summed E-state index contributed by atoms with van der Waals surface area (Å²) in [6.45, 7) is 4.33. The molecule has 3 N–H and O–H groups in total. The van der Waals surface area contributed by atoms with E-state index in [0.717, 1.165) is 44.9 Å². The fourth-order valence-electron chi connectivity index (χ4n) is 12.0. The van der Waals surface area contributed by atoms with E-state index in [2.05, 4.69) is 67.8 Å². The molecule has 0 saturated heterocycles. The zero-order valence-electron chi connectivity index (χ0n) is 56.5. The summed E-state index contributed by atoms with van der Waals surface area (Å²) < 4.78 is 0. The van der Waals surface area contributed by atoms with Gasteiger partial charge in [0.15, 0.2) is 0 Å². The summed E-state index contributed by atoms with van der Waals surface area (Å²) in [5.41, 5.74) is 0. The van der Waals surface area contributed by atoms with E-state index in [0.29, 0.717) is 6.42 Å². The number of carbonyl (C=O) groups excluding carboxylic acids is 1. The second kappa shape index (κ2) is 74.3. The number of unbranched alkanes of at least 4 members (excludes halogenated alkanes) is 56. The summed E-state index contributed by atoms with van der Waals surface area (Å²) in [4.78, 5) is 12.6. The maximum absolute atomic E-state index is 12.6. The number of aliphatic hydroxyl groups excluding tert-OH is 2. The van der Waals surface area contributed by atoms with E-state index in [-0.39, 0.29) is 12.5 Å². The topological polar surface area (TPSA) is 69.6 Å². The van der Waals surface area contributed by atoms with Gasteiger partial charge in [-0.3, -0.25) is 4.79 Å². The highest BCUT2D eigenvalue weighted by Crippen LogP contribution is 2.19. The van der Waals surface area contributed by atoms with Crippen LogP contribution in [0, 0.1) is 0 Å². The number of allylic oxidation sites excluding steroid dienone is 9. The van der Waals surface area contributed by atoms with E-state index in [4.69, 9.17) is 0 Å². The zero-order chi connectivity index (χ0) is 59.8. The number of rotatable bonds is 71. The molecule has 0 aromatic heterocycles. The van der Waals surface area contributed by atoms with Crippen LogP contribution in [0.1, 0.15) is 418 Å². The van der Waals surface area contributed by atoms with Crippen LogP contribution in [0.25, 0.3) is 0 Å². The van der Waals surface area contributed by atoms with Crippen LogP contribution in [-0.2, 0) is 4.79 Å². The van der Waals surface area contributed by atoms with Crippen molar-refractivity contribution in [3.63, 3.8) is 0 Å². The summed E-state index contributed by atoms with van der Waals surface area (Å²) in [6, 6.07) is -0.648. The van der Waals surface area contributed by atoms with Crippen molar-refractivity contribution >= 4 is 5.91 Å². The molecule has 0 aromatic rings. The van der Waals surface area contributed by atoms with Gasteiger partial charge in [-0.2, -0.15) is 0 Å². The lowest BCUT2D eigenvalue weighted by atomic mass is 10.0. The maximum atomic E-state index is 12.6. The molecule has 0 spiro atoms. The molecule has 4 nitrogen and oxygen atoms in total. The zero-order valence-corrected chi connectivity index (χ0v) is 56.5. The SMILES string of the molecule is CCCCCCC/C=C\C/C=C\CCCCCCCCCCCCCCCCCCCCCCCCCCCCCCCC(=O)NC(CO)C(O)/C=C/CC/C=C/CC/C=C/CCCCCCCCCCCCCCCCCCCCCC. The summed E-state index contributed by atoms with van der Waals surface area (Å²) in [6.07, 6.45) is 106. The molecule has 0 aliphatic rings. The molecular weight excluding hydrogens is 1010 g/mol. The Balaban J connectivity index is 3.43. The van der Waals surface area contributed by atoms with Gasteiger partial charge < -0.3 is 15.5 Å². The number of carbonyl (C=O) groups is 1. The highest BCUT2D eigenvalue weighted by Gasteiger charge is 2.18. The quantitative estimate of drug-likeness (QED) is 0.0420. The van der Waals surface area contributed by atoms with Crippen molar-refractivity contribution in [2.24, 2.45) is 0 Å². The first-order valence-electron chi connectivity index (χ1n) is 38.0. The molecule has 0 aliphatic heterocycles. The minimum Gasteiger partial charge on any atom is -0.394 e. The first kappa shape index (κ1) is 81.1. The van der Waals surface area contributed by atoms with Crippen molar-refractivity contribution in [3.8, 4) is 0 Å². The summed E-state index contributed by atoms with van der Waals surface area (Å²) >= 11 is 0. The average Bonchev–Trinajstić information content (AvgIpc) is 3.51. The van der Waals surface area contributed by atoms with E-state index in [9.17, 15) is 15.0 Å². The van der Waals surface area contributed by atoms with Gasteiger partial charge in [0.05, 0.1) is 18.8 Å². The van der Waals surface area contributed by atoms with E-state index >= 15 is 0 Å². The molecule has 4 heteroatoms. The minimum atomic E-state index is -0.872. The number of amides is 1. The molecular formula is C79H149NO3. The second-order valence-electron chi connectivity index (χ2n) is 26.1. The predicted molar refractivity (Wildman–Crippen MR) is 373 cm³/mol. The number of nitrogens with one attached hydrogen (secondary N) is 1. The largest absolute Gasteiger partial charge is 0.394 e. The Morgan fingerprint density at radius 2 is 0.506 bits per heavy atom. The Morgan fingerprint density at radius 3 is 0.771 bits per heavy atom. The highest BCUT2D eigenvalue weighted by atomic mass is 16.3. The number of aliphatic hydroxyl groups is 2. The Morgan fingerprint density at radius 1 is 0.289 bits per heavy atom. The second-order valence-corrected chi connectivity index (χ2v) is 26.1. The van der Waals surface area contributed by atoms with Gasteiger partial charge in [-0.15, -0.1) is 0 Å². The molecule has 0 heterocycles. The Labute approximate surface area is 521 Å². The Bertz CT molecular complexity index is 1360. The molecule has 0 rings (SSSR count). The lowest BCUT2D eigenvalue weighted by Gasteiger charge is -2.19. The fourth-order valence-corrected chi connectivity index (χ4v) is 12.0. The molecule has 0 aromatic carbocycles. The molecule has 2 unspecified atom stereocenters. The third-order valence-electron chi connectivity index (χ3n) is 17.7. The standard InChI is InChI=1S/C79H149NO3/c1-3-5-7-9-11-13-15-17-19-21-23-25-27-29-31-33-35-36-37-38-39-40-41-42-43-44-45-47-49-51-53-55-57-59-61-63-65-67-69-71-73-75-79(83)80-77(76-81)78(82)74-72-70-68-66-64-62-60-58-56-54-52-50-48-46-34-32-30-28-26-24-22-20-18-16-14-12-10-8-6-4-2/h15,17,21,23,56,58,64,66,72,74,77-78,81-82H,3-14,16,18-20,22,24-55,57,59-63,65,67-71,73,75-76H2,1-2H3,(H,80,83)/b17-15-,23-21-,58-56+,66-64+,74-72+. The highest BCUT2D eigenvalue weighted by molar-refractivity contribution is 5.76. The smallest absolute Gasteiger partial charge is 0.220 e. The van der Waals surface area contributed by atoms with Gasteiger partial charge >= 0.3 is 0 Å². The lowest BCUT2D eigenvalue weighted by Crippen LogP contribution is -2.45. The molecule has 0 saturated carbocycles. The van der Waals surface area contributed by atoms with E-state index < -0.39 is 12.1 Å². The van der Waals surface area contributed by atoms with Crippen molar-refractivity contribution in [2.45, 2.75) is 431 Å². The summed E-state index contributed by atoms with van der Waals surface area (Å²) in [5.74, 6) is -0.0702. The van der Waals surface area contributed by atoms with Crippen LogP contribution in [0.5, 0.6) is 0 Å². The van der Waals surface area contributed by atoms with Crippen LogP contribution in [0.4, 0.5) is 0 Å². The number of hydrogen-bond donors (Lipinski definition) is 3. The molecule has 0 aliphatic carbocycles. The molecule has 0 bridgehead atoms. The van der Waals surface area contributed by atoms with Crippen LogP contribution >= 0.6 is 0 Å². The molecule has 488 valence electrons. The van der Waals surface area contributed by atoms with Crippen LogP contribution in [0.3, 0.4) is 0 Å². The monoisotopic (exact) mass is 1160 g/mol. The average molecular weight is 1160 g/mol. The van der Waals surface area contributed by atoms with Gasteiger partial charge in [0, 0.05) is 6.42 Å². The predicted octanol–water partition coefficient (Wildman–Crippen LogP) is 26.2. The summed E-state index contributed by atoms with van der Waals surface area (Å²) in [5, 5.41) is 23.3. The van der Waals surface area contributed by atoms with Crippen molar-refractivity contribution in [1.29, 1.82) is 0 Å². The van der Waals surface area contributed by atoms with Crippen LogP contribution in [-0.4, -0.2) is 34.9 Å². The molecule has 83 heavy (non-hydrogen) atoms. The van der Waals surface area contributed by atoms with Gasteiger partial charge in [0.25, 0.3) is 0 Å². The van der Waals surface area contributed by atoms with Gasteiger partial charge in [-0.05, 0) is 77.0 Å². The molecule has 0 fully saturated rings. The van der Waals surface area contributed by atoms with E-state index in [1.807, 2.05) is 6.08 Å². The normalized spacial score (nSPS) is 13.0. The van der Waals surface area contributed by atoms with Crippen molar-refractivity contribution in [3.05, 3.63) is 60.8 Å². The number of hydrogen-bond acceptors (Lipinski definition) is 3. The van der Waals surface area contributed by atoms with E-state index in [1.54, 1.807) is 6.08 Å². The fraction of sp³-hybridized carbons (Fsp3) is 0.861. The van der Waals surface area contributed by atoms with Crippen LogP contribution < -0.4 is 5.32 Å². The lowest BCUT2D eigenvalue weighted by molar-refractivity contribution is -0.123. The first-order valence-corrected chi connectivity index (χ1v) is 38.0. The van der Waals surface area contributed by atoms with Gasteiger partial charge in [0.1, 0.15) is 0 Å². The molecule has 0 radical (unpaired) electrons. The molecule has 1 amide bonds. The Kier molecular flexibility index (Phi) is 72.6. The summed E-state index contributed by atoms with van der Waals surface area (Å²) in [7, 11) is 0. The molecule has 2 atom stereocenters. The third-order valence-corrected chi connectivity index (χ3v) is 17.7. The minimum absolute atomic E-state index is 0.0702. The maximum Gasteiger partial charge on any atom is 0.220 e. The van der Waals surface area contributed by atoms with Gasteiger partial charge in [-0.25, -0.2) is 0 Å². The van der Waals surface area contributed by atoms with Crippen molar-refractivity contribution in [1.82, 2.24) is 5.32 Å². The van der Waals surface area contributed by atoms with E-state index in [1.165, 1.54) is 353 Å². The van der Waals surface area contributed by atoms with Crippen molar-refractivity contribution < 1.29 is 15.0 Å². The van der Waals surface area contributed by atoms with Crippen LogP contribution in [0.2, 0.25) is 0 Å². The Hall–Kier alpha value is -1.91. The first-order chi connectivity index (χ1) is 41.2. The van der Waals surface area contributed by atoms with Gasteiger partial charge in [0.2, 0.25) is 5.91 Å². The van der Waals surface area contributed by atoms with Gasteiger partial charge in [-0.1, -0.05) is 396 Å². The van der Waals surface area contributed by atoms with Crippen LogP contribution in [0.15, 0.2) is 60.8 Å².